The fraction of sp³-hybridized carbons (Fsp3) is 0.765. The van der Waals surface area contributed by atoms with Crippen LogP contribution >= 0.6 is 0 Å². The molecule has 18 heavy (non-hydrogen) atoms. The first-order valence-electron chi connectivity index (χ1n) is 7.53. The smallest absolute Gasteiger partial charge is 0.0657 e. The predicted octanol–water partition coefficient (Wildman–Crippen LogP) is 5.27. The molecule has 0 radical (unpaired) electrons. The van der Waals surface area contributed by atoms with Crippen molar-refractivity contribution in [3.63, 3.8) is 0 Å². The van der Waals surface area contributed by atoms with E-state index in [1.165, 1.54) is 31.3 Å². The van der Waals surface area contributed by atoms with E-state index in [2.05, 4.69) is 45.9 Å². The molecule has 1 aliphatic rings. The third-order valence-corrected chi connectivity index (χ3v) is 3.98. The molecule has 0 aromatic rings. The largest absolute Gasteiger partial charge is 0.376 e. The van der Waals surface area contributed by atoms with Gasteiger partial charge in [-0.25, -0.2) is 0 Å². The van der Waals surface area contributed by atoms with Crippen LogP contribution in [-0.2, 0) is 4.74 Å². The molecular formula is C17H30O. The van der Waals surface area contributed by atoms with Crippen LogP contribution in [0.2, 0.25) is 0 Å². The van der Waals surface area contributed by atoms with Gasteiger partial charge < -0.3 is 4.74 Å². The van der Waals surface area contributed by atoms with Gasteiger partial charge >= 0.3 is 0 Å². The Morgan fingerprint density at radius 3 is 2.83 bits per heavy atom. The molecule has 0 fully saturated rings. The molecule has 0 heterocycles. The van der Waals surface area contributed by atoms with Crippen LogP contribution in [0, 0.1) is 5.92 Å². The van der Waals surface area contributed by atoms with Crippen molar-refractivity contribution in [2.24, 2.45) is 5.92 Å². The van der Waals surface area contributed by atoms with Crippen LogP contribution < -0.4 is 0 Å². The van der Waals surface area contributed by atoms with Gasteiger partial charge in [0.2, 0.25) is 0 Å². The molecule has 2 unspecified atom stereocenters. The third-order valence-electron chi connectivity index (χ3n) is 3.98. The number of hydrogen-bond acceptors (Lipinski definition) is 1. The molecule has 1 aliphatic carbocycles. The van der Waals surface area contributed by atoms with Crippen molar-refractivity contribution < 1.29 is 4.74 Å². The van der Waals surface area contributed by atoms with Gasteiger partial charge in [-0.05, 0) is 52.4 Å². The zero-order valence-corrected chi connectivity index (χ0v) is 12.7. The minimum Gasteiger partial charge on any atom is -0.376 e. The molecule has 104 valence electrons. The second-order valence-corrected chi connectivity index (χ2v) is 6.00. The van der Waals surface area contributed by atoms with Gasteiger partial charge in [0.15, 0.2) is 0 Å². The van der Waals surface area contributed by atoms with Crippen LogP contribution in [0.25, 0.3) is 0 Å². The summed E-state index contributed by atoms with van der Waals surface area (Å²) in [7, 11) is 0. The highest BCUT2D eigenvalue weighted by atomic mass is 16.5. The molecule has 0 saturated carbocycles. The van der Waals surface area contributed by atoms with E-state index >= 15 is 0 Å². The van der Waals surface area contributed by atoms with E-state index in [0.29, 0.717) is 5.92 Å². The molecule has 0 bridgehead atoms. The van der Waals surface area contributed by atoms with Crippen LogP contribution in [0.15, 0.2) is 23.8 Å². The Morgan fingerprint density at radius 1 is 1.33 bits per heavy atom. The summed E-state index contributed by atoms with van der Waals surface area (Å²) >= 11 is 0. The highest BCUT2D eigenvalue weighted by Crippen LogP contribution is 2.28. The van der Waals surface area contributed by atoms with E-state index in [1.54, 1.807) is 0 Å². The summed E-state index contributed by atoms with van der Waals surface area (Å²) in [6, 6.07) is 0. The van der Waals surface area contributed by atoms with Crippen LogP contribution in [0.3, 0.4) is 0 Å². The summed E-state index contributed by atoms with van der Waals surface area (Å²) in [5.41, 5.74) is 1.54. The third kappa shape index (κ3) is 5.86. The molecule has 0 aliphatic heterocycles. The van der Waals surface area contributed by atoms with Gasteiger partial charge in [0.1, 0.15) is 0 Å². The first-order chi connectivity index (χ1) is 8.56. The summed E-state index contributed by atoms with van der Waals surface area (Å²) in [6.45, 7) is 9.76. The molecule has 0 N–H and O–H groups in total. The topological polar surface area (TPSA) is 9.23 Å². The van der Waals surface area contributed by atoms with Gasteiger partial charge in [0.05, 0.1) is 5.60 Å². The Kier molecular flexibility index (Phi) is 6.70. The summed E-state index contributed by atoms with van der Waals surface area (Å²) < 4.78 is 6.00. The molecular weight excluding hydrogens is 220 g/mol. The van der Waals surface area contributed by atoms with Crippen LogP contribution in [0.4, 0.5) is 0 Å². The number of allylic oxidation sites excluding steroid dienone is 4. The molecule has 1 heteroatoms. The van der Waals surface area contributed by atoms with E-state index in [-0.39, 0.29) is 5.60 Å². The summed E-state index contributed by atoms with van der Waals surface area (Å²) in [5.74, 6) is 0.701. The van der Waals surface area contributed by atoms with Gasteiger partial charge in [-0.3, -0.25) is 0 Å². The Morgan fingerprint density at radius 2 is 2.11 bits per heavy atom. The van der Waals surface area contributed by atoms with Crippen molar-refractivity contribution in [3.8, 4) is 0 Å². The minimum absolute atomic E-state index is 0.0794. The molecule has 0 saturated heterocycles. The lowest BCUT2D eigenvalue weighted by atomic mass is 9.89. The molecule has 1 rings (SSSR count). The lowest BCUT2D eigenvalue weighted by molar-refractivity contribution is -0.0385. The highest BCUT2D eigenvalue weighted by Gasteiger charge is 2.23. The molecule has 0 aromatic heterocycles. The van der Waals surface area contributed by atoms with Crippen molar-refractivity contribution in [2.45, 2.75) is 71.8 Å². The zero-order valence-electron chi connectivity index (χ0n) is 12.7. The first kappa shape index (κ1) is 15.5. The molecule has 0 spiro atoms. The van der Waals surface area contributed by atoms with Crippen LogP contribution in [0.5, 0.6) is 0 Å². The Bertz CT molecular complexity index is 290. The maximum absolute atomic E-state index is 6.00. The Balaban J connectivity index is 2.68. The average Bonchev–Trinajstić information content (AvgIpc) is 2.32. The molecule has 0 aromatic carbocycles. The second-order valence-electron chi connectivity index (χ2n) is 6.00. The average molecular weight is 250 g/mol. The predicted molar refractivity (Wildman–Crippen MR) is 79.8 cm³/mol. The van der Waals surface area contributed by atoms with Crippen LogP contribution in [0.1, 0.15) is 66.2 Å². The van der Waals surface area contributed by atoms with E-state index < -0.39 is 0 Å². The number of ether oxygens (including phenoxy) is 1. The number of rotatable bonds is 2. The van der Waals surface area contributed by atoms with E-state index in [4.69, 9.17) is 4.74 Å². The van der Waals surface area contributed by atoms with Gasteiger partial charge in [0.25, 0.3) is 0 Å². The quantitative estimate of drug-likeness (QED) is 0.648. The number of hydrogen-bond donors (Lipinski definition) is 0. The standard InChI is InChI=1S/C17H30O/c1-5-18-17(4)13-7-6-9-15(2)10-8-11-16(3)12-14-17/h8,10-11,15H,5-7,9,12-14H2,1-4H3/b10-8+,16-11-. The maximum atomic E-state index is 6.00. The normalized spacial score (nSPS) is 36.0. The van der Waals surface area contributed by atoms with E-state index in [9.17, 15) is 0 Å². The highest BCUT2D eigenvalue weighted by molar-refractivity contribution is 5.11. The summed E-state index contributed by atoms with van der Waals surface area (Å²) in [4.78, 5) is 0. The molecule has 0 amide bonds. The van der Waals surface area contributed by atoms with Crippen molar-refractivity contribution in [3.05, 3.63) is 23.8 Å². The lowest BCUT2D eigenvalue weighted by Gasteiger charge is -2.30. The minimum atomic E-state index is 0.0794. The lowest BCUT2D eigenvalue weighted by Crippen LogP contribution is -2.29. The SMILES string of the molecule is CCOC1(C)CCCCC(C)/C=C/C=C(/C)CC1. The van der Waals surface area contributed by atoms with Crippen molar-refractivity contribution in [1.29, 1.82) is 0 Å². The maximum Gasteiger partial charge on any atom is 0.0657 e. The van der Waals surface area contributed by atoms with Crippen molar-refractivity contribution in [1.82, 2.24) is 0 Å². The first-order valence-corrected chi connectivity index (χ1v) is 7.53. The summed E-state index contributed by atoms with van der Waals surface area (Å²) in [5, 5.41) is 0. The molecule has 1 nitrogen and oxygen atoms in total. The monoisotopic (exact) mass is 250 g/mol. The zero-order chi connectivity index (χ0) is 13.4. The van der Waals surface area contributed by atoms with Crippen LogP contribution in [-0.4, -0.2) is 12.2 Å². The van der Waals surface area contributed by atoms with Gasteiger partial charge in [-0.15, -0.1) is 0 Å². The second kappa shape index (κ2) is 7.78. The van der Waals surface area contributed by atoms with Gasteiger partial charge in [0, 0.05) is 6.61 Å². The summed E-state index contributed by atoms with van der Waals surface area (Å²) in [6.07, 6.45) is 14.2. The van der Waals surface area contributed by atoms with Crippen molar-refractivity contribution in [2.75, 3.05) is 6.61 Å². The Hall–Kier alpha value is -0.560. The van der Waals surface area contributed by atoms with Gasteiger partial charge in [-0.1, -0.05) is 43.6 Å². The Labute approximate surface area is 113 Å². The van der Waals surface area contributed by atoms with E-state index in [0.717, 1.165) is 19.4 Å². The fourth-order valence-corrected chi connectivity index (χ4v) is 2.63. The fourth-order valence-electron chi connectivity index (χ4n) is 2.63. The van der Waals surface area contributed by atoms with Crippen molar-refractivity contribution >= 4 is 0 Å². The molecule has 2 atom stereocenters. The van der Waals surface area contributed by atoms with Gasteiger partial charge in [-0.2, -0.15) is 0 Å². The van der Waals surface area contributed by atoms with E-state index in [1.807, 2.05) is 0 Å².